The molecule has 4 aromatic rings. The molecule has 0 aliphatic heterocycles. The fourth-order valence-corrected chi connectivity index (χ4v) is 2.86. The van der Waals surface area contributed by atoms with Crippen molar-refractivity contribution in [3.8, 4) is 11.4 Å². The summed E-state index contributed by atoms with van der Waals surface area (Å²) in [6.45, 7) is 0.868. The molecule has 1 aromatic heterocycles. The van der Waals surface area contributed by atoms with Gasteiger partial charge in [-0.05, 0) is 28.5 Å². The second kappa shape index (κ2) is 5.49. The molecule has 0 saturated heterocycles. The van der Waals surface area contributed by atoms with Gasteiger partial charge in [0.05, 0.1) is 5.56 Å². The Balaban J connectivity index is 1.74. The summed E-state index contributed by atoms with van der Waals surface area (Å²) in [4.78, 5) is 3.37. The molecule has 1 heterocycles. The van der Waals surface area contributed by atoms with Crippen molar-refractivity contribution < 1.29 is 4.57 Å². The lowest BCUT2D eigenvalue weighted by molar-refractivity contribution is -0.676. The zero-order valence-electron chi connectivity index (χ0n) is 12.2. The number of fused-ring (bicyclic) bond motifs is 1. The van der Waals surface area contributed by atoms with Gasteiger partial charge in [0.1, 0.15) is 18.9 Å². The third-order valence-electron chi connectivity index (χ3n) is 3.98. The van der Waals surface area contributed by atoms with Gasteiger partial charge in [-0.3, -0.25) is 0 Å². The van der Waals surface area contributed by atoms with Crippen molar-refractivity contribution in [1.82, 2.24) is 4.98 Å². The Labute approximate surface area is 129 Å². The van der Waals surface area contributed by atoms with E-state index in [2.05, 4.69) is 88.5 Å². The van der Waals surface area contributed by atoms with Crippen molar-refractivity contribution in [2.75, 3.05) is 0 Å². The lowest BCUT2D eigenvalue weighted by atomic mass is 10.1. The minimum absolute atomic E-state index is 0.868. The smallest absolute Gasteiger partial charge is 0.243 e. The summed E-state index contributed by atoms with van der Waals surface area (Å²) in [5, 5.41) is 2.54. The molecule has 0 amide bonds. The maximum absolute atomic E-state index is 3.37. The first kappa shape index (κ1) is 12.8. The Morgan fingerprint density at radius 2 is 1.55 bits per heavy atom. The van der Waals surface area contributed by atoms with Crippen molar-refractivity contribution >= 4 is 10.8 Å². The highest BCUT2D eigenvalue weighted by Gasteiger charge is 2.13. The van der Waals surface area contributed by atoms with Crippen LogP contribution in [-0.2, 0) is 6.54 Å². The number of hydrogen-bond acceptors (Lipinski definition) is 0. The van der Waals surface area contributed by atoms with E-state index in [-0.39, 0.29) is 0 Å². The molecule has 106 valence electrons. The summed E-state index contributed by atoms with van der Waals surface area (Å²) < 4.78 is 2.25. The van der Waals surface area contributed by atoms with Gasteiger partial charge < -0.3 is 0 Å². The highest BCUT2D eigenvalue weighted by atomic mass is 15.1. The maximum Gasteiger partial charge on any atom is 0.286 e. The molecule has 4 rings (SSSR count). The second-order valence-electron chi connectivity index (χ2n) is 5.48. The minimum atomic E-state index is 0.868. The molecule has 0 atom stereocenters. The van der Waals surface area contributed by atoms with E-state index >= 15 is 0 Å². The van der Waals surface area contributed by atoms with Gasteiger partial charge in [-0.15, -0.1) is 0 Å². The molecule has 2 heteroatoms. The standard InChI is InChI=1S/C20H16N2/c1-2-6-16(7-3-1)15-22-13-12-21-20(22)19-11-10-17-8-4-5-9-18(17)14-19/h1-14H,15H2/p+1. The topological polar surface area (TPSA) is 19.7 Å². The molecule has 0 fully saturated rings. The first-order chi connectivity index (χ1) is 10.9. The molecule has 0 aliphatic rings. The number of benzene rings is 3. The minimum Gasteiger partial charge on any atom is -0.243 e. The summed E-state index contributed by atoms with van der Waals surface area (Å²) >= 11 is 0. The van der Waals surface area contributed by atoms with Crippen molar-refractivity contribution in [1.29, 1.82) is 0 Å². The first-order valence-electron chi connectivity index (χ1n) is 7.50. The van der Waals surface area contributed by atoms with Crippen LogP contribution >= 0.6 is 0 Å². The molecule has 0 unspecified atom stereocenters. The van der Waals surface area contributed by atoms with E-state index in [4.69, 9.17) is 0 Å². The van der Waals surface area contributed by atoms with Gasteiger partial charge >= 0.3 is 0 Å². The van der Waals surface area contributed by atoms with Crippen LogP contribution in [0.1, 0.15) is 5.56 Å². The highest BCUT2D eigenvalue weighted by Crippen LogP contribution is 2.21. The van der Waals surface area contributed by atoms with E-state index in [1.54, 1.807) is 0 Å². The summed E-state index contributed by atoms with van der Waals surface area (Å²) in [5.74, 6) is 1.13. The van der Waals surface area contributed by atoms with Crippen LogP contribution in [0.25, 0.3) is 22.2 Å². The molecule has 22 heavy (non-hydrogen) atoms. The Kier molecular flexibility index (Phi) is 3.20. The Hall–Kier alpha value is -2.87. The first-order valence-corrected chi connectivity index (χ1v) is 7.50. The number of H-pyrrole nitrogens is 1. The molecule has 0 aliphatic carbocycles. The van der Waals surface area contributed by atoms with Crippen molar-refractivity contribution in [3.63, 3.8) is 0 Å². The predicted molar refractivity (Wildman–Crippen MR) is 89.5 cm³/mol. The predicted octanol–water partition coefficient (Wildman–Crippen LogP) is 4.17. The lowest BCUT2D eigenvalue weighted by Crippen LogP contribution is -2.34. The fraction of sp³-hybridized carbons (Fsp3) is 0.0500. The number of nitrogens with zero attached hydrogens (tertiary/aromatic N) is 1. The molecule has 3 aromatic carbocycles. The SMILES string of the molecule is c1ccc(C[n+]2cc[nH]c2-c2ccc3ccccc3c2)cc1. The van der Waals surface area contributed by atoms with Gasteiger partial charge in [0, 0.05) is 0 Å². The van der Waals surface area contributed by atoms with Gasteiger partial charge in [-0.2, -0.15) is 0 Å². The molecule has 0 bridgehead atoms. The van der Waals surface area contributed by atoms with Crippen molar-refractivity contribution in [3.05, 3.63) is 90.8 Å². The second-order valence-corrected chi connectivity index (χ2v) is 5.48. The van der Waals surface area contributed by atoms with Crippen LogP contribution in [0.2, 0.25) is 0 Å². The van der Waals surface area contributed by atoms with Crippen LogP contribution in [0.15, 0.2) is 85.2 Å². The van der Waals surface area contributed by atoms with Crippen LogP contribution in [-0.4, -0.2) is 4.98 Å². The molecule has 1 N–H and O–H groups in total. The quantitative estimate of drug-likeness (QED) is 0.545. The van der Waals surface area contributed by atoms with E-state index in [1.807, 2.05) is 6.20 Å². The van der Waals surface area contributed by atoms with Crippen molar-refractivity contribution in [2.24, 2.45) is 0 Å². The Morgan fingerprint density at radius 1 is 0.773 bits per heavy atom. The van der Waals surface area contributed by atoms with Crippen molar-refractivity contribution in [2.45, 2.75) is 6.54 Å². The van der Waals surface area contributed by atoms with E-state index in [1.165, 1.54) is 21.9 Å². The summed E-state index contributed by atoms with van der Waals surface area (Å²) in [6.07, 6.45) is 4.09. The number of rotatable bonds is 3. The van der Waals surface area contributed by atoms with Crippen LogP contribution < -0.4 is 4.57 Å². The average molecular weight is 285 g/mol. The lowest BCUT2D eigenvalue weighted by Gasteiger charge is -2.03. The third-order valence-corrected chi connectivity index (χ3v) is 3.98. The monoisotopic (exact) mass is 285 g/mol. The largest absolute Gasteiger partial charge is 0.286 e. The highest BCUT2D eigenvalue weighted by molar-refractivity contribution is 5.86. The number of aromatic amines is 1. The molecule has 0 radical (unpaired) electrons. The number of imidazole rings is 1. The number of nitrogens with one attached hydrogen (secondary N) is 1. The zero-order valence-corrected chi connectivity index (χ0v) is 12.2. The molecule has 0 spiro atoms. The summed E-state index contributed by atoms with van der Waals surface area (Å²) in [7, 11) is 0. The number of aromatic nitrogens is 2. The third kappa shape index (κ3) is 2.40. The van der Waals surface area contributed by atoms with Crippen LogP contribution in [0, 0.1) is 0 Å². The van der Waals surface area contributed by atoms with E-state index < -0.39 is 0 Å². The average Bonchev–Trinajstić information content (AvgIpc) is 3.03. The molecular weight excluding hydrogens is 268 g/mol. The summed E-state index contributed by atoms with van der Waals surface area (Å²) in [5.41, 5.74) is 2.51. The summed E-state index contributed by atoms with van der Waals surface area (Å²) in [6, 6.07) is 25.6. The Morgan fingerprint density at radius 3 is 2.41 bits per heavy atom. The van der Waals surface area contributed by atoms with Gasteiger partial charge in [-0.25, -0.2) is 9.55 Å². The maximum atomic E-state index is 3.37. The molecule has 2 nitrogen and oxygen atoms in total. The molecule has 0 saturated carbocycles. The van der Waals surface area contributed by atoms with Gasteiger partial charge in [0.25, 0.3) is 5.82 Å². The Bertz CT molecular complexity index is 907. The zero-order chi connectivity index (χ0) is 14.8. The van der Waals surface area contributed by atoms with Gasteiger partial charge in [0.2, 0.25) is 0 Å². The fourth-order valence-electron chi connectivity index (χ4n) is 2.86. The van der Waals surface area contributed by atoms with E-state index in [9.17, 15) is 0 Å². The van der Waals surface area contributed by atoms with E-state index in [0.717, 1.165) is 12.4 Å². The molecular formula is C20H17N2+. The van der Waals surface area contributed by atoms with Crippen LogP contribution in [0.3, 0.4) is 0 Å². The van der Waals surface area contributed by atoms with Crippen LogP contribution in [0.4, 0.5) is 0 Å². The number of hydrogen-bond donors (Lipinski definition) is 1. The van der Waals surface area contributed by atoms with E-state index in [0.29, 0.717) is 0 Å². The van der Waals surface area contributed by atoms with Crippen LogP contribution in [0.5, 0.6) is 0 Å². The normalized spacial score (nSPS) is 10.9. The van der Waals surface area contributed by atoms with Gasteiger partial charge in [-0.1, -0.05) is 60.7 Å². The van der Waals surface area contributed by atoms with Gasteiger partial charge in [0.15, 0.2) is 0 Å².